The molecule has 0 aliphatic carbocycles. The Morgan fingerprint density at radius 3 is 2.42 bits per heavy atom. The Morgan fingerprint density at radius 2 is 1.70 bits per heavy atom. The van der Waals surface area contributed by atoms with Crippen LogP contribution in [-0.2, 0) is 0 Å². The molecule has 1 heterocycles. The molecule has 0 unspecified atom stereocenters. The van der Waals surface area contributed by atoms with Gasteiger partial charge in [-0.3, -0.25) is 9.59 Å². The summed E-state index contributed by atoms with van der Waals surface area (Å²) in [6.45, 7) is 3.87. The Hall–Kier alpha value is -3.58. The van der Waals surface area contributed by atoms with E-state index in [1.807, 2.05) is 13.0 Å². The second kappa shape index (κ2) is 9.92. The highest BCUT2D eigenvalue weighted by molar-refractivity contribution is 9.10. The molecule has 0 aliphatic heterocycles. The number of halogens is 1. The van der Waals surface area contributed by atoms with Crippen LogP contribution in [0, 0.1) is 6.92 Å². The first kappa shape index (κ1) is 22.6. The van der Waals surface area contributed by atoms with E-state index < -0.39 is 0 Å². The zero-order valence-electron chi connectivity index (χ0n) is 18.1. The van der Waals surface area contributed by atoms with Crippen LogP contribution in [0.5, 0.6) is 23.0 Å². The average Bonchev–Trinajstić information content (AvgIpc) is 2.81. The zero-order chi connectivity index (χ0) is 23.4. The van der Waals surface area contributed by atoms with Crippen LogP contribution in [0.4, 0.5) is 0 Å². The molecule has 0 saturated carbocycles. The van der Waals surface area contributed by atoms with E-state index in [4.69, 9.17) is 18.6 Å². The number of hydrogen-bond donors (Lipinski definition) is 0. The monoisotopic (exact) mass is 508 g/mol. The van der Waals surface area contributed by atoms with Crippen molar-refractivity contribution < 1.29 is 23.4 Å². The molecule has 0 atom stereocenters. The SMILES string of the molecule is CCOc1ccccc1Oc1c(C)oc2cc(OCC(=O)c3ccc(Br)cc3)ccc2c1=O. The van der Waals surface area contributed by atoms with Crippen LogP contribution in [0.25, 0.3) is 11.0 Å². The normalized spacial score (nSPS) is 10.8. The van der Waals surface area contributed by atoms with Crippen LogP contribution in [0.15, 0.2) is 80.4 Å². The van der Waals surface area contributed by atoms with Gasteiger partial charge in [-0.25, -0.2) is 0 Å². The maximum Gasteiger partial charge on any atom is 0.235 e. The molecule has 0 aliphatic rings. The number of Topliss-reactive ketones (excluding diaryl/α,β-unsaturated/α-hetero) is 1. The van der Waals surface area contributed by atoms with Crippen LogP contribution in [0.2, 0.25) is 0 Å². The first-order valence-corrected chi connectivity index (χ1v) is 11.1. The van der Waals surface area contributed by atoms with Gasteiger partial charge in [0.15, 0.2) is 23.9 Å². The average molecular weight is 509 g/mol. The van der Waals surface area contributed by atoms with Gasteiger partial charge in [0, 0.05) is 16.1 Å². The standard InChI is InChI=1S/C26H21BrO6/c1-3-30-22-6-4-5-7-23(22)33-26-16(2)32-24-14-19(12-13-20(24)25(26)29)31-15-21(28)17-8-10-18(27)11-9-17/h4-14H,3,15H2,1-2H3. The maximum absolute atomic E-state index is 13.1. The smallest absolute Gasteiger partial charge is 0.235 e. The summed E-state index contributed by atoms with van der Waals surface area (Å²) < 4.78 is 23.8. The number of para-hydroxylation sites is 2. The number of ether oxygens (including phenoxy) is 3. The van der Waals surface area contributed by atoms with Crippen molar-refractivity contribution in [2.75, 3.05) is 13.2 Å². The van der Waals surface area contributed by atoms with Gasteiger partial charge in [-0.05, 0) is 50.2 Å². The molecule has 4 aromatic rings. The molecule has 3 aromatic carbocycles. The predicted molar refractivity (Wildman–Crippen MR) is 129 cm³/mol. The van der Waals surface area contributed by atoms with E-state index in [0.29, 0.717) is 46.1 Å². The van der Waals surface area contributed by atoms with Crippen LogP contribution >= 0.6 is 15.9 Å². The molecule has 0 fully saturated rings. The summed E-state index contributed by atoms with van der Waals surface area (Å²) in [7, 11) is 0. The minimum absolute atomic E-state index is 0.0914. The number of ketones is 1. The summed E-state index contributed by atoms with van der Waals surface area (Å²) in [6, 6.07) is 19.0. The quantitative estimate of drug-likeness (QED) is 0.259. The van der Waals surface area contributed by atoms with E-state index >= 15 is 0 Å². The lowest BCUT2D eigenvalue weighted by atomic mass is 10.1. The molecule has 0 amide bonds. The van der Waals surface area contributed by atoms with Crippen molar-refractivity contribution in [2.24, 2.45) is 0 Å². The highest BCUT2D eigenvalue weighted by Crippen LogP contribution is 2.33. The third-order valence-electron chi connectivity index (χ3n) is 4.88. The van der Waals surface area contributed by atoms with Gasteiger partial charge in [-0.15, -0.1) is 0 Å². The van der Waals surface area contributed by atoms with Gasteiger partial charge in [0.2, 0.25) is 11.2 Å². The van der Waals surface area contributed by atoms with Crippen molar-refractivity contribution in [1.82, 2.24) is 0 Å². The van der Waals surface area contributed by atoms with Gasteiger partial charge in [0.25, 0.3) is 0 Å². The molecule has 168 valence electrons. The Bertz CT molecular complexity index is 1360. The second-order valence-corrected chi connectivity index (χ2v) is 8.09. The number of benzene rings is 3. The highest BCUT2D eigenvalue weighted by Gasteiger charge is 2.17. The molecule has 6 nitrogen and oxygen atoms in total. The Morgan fingerprint density at radius 1 is 0.970 bits per heavy atom. The lowest BCUT2D eigenvalue weighted by molar-refractivity contribution is 0.0921. The molecule has 0 N–H and O–H groups in total. The fourth-order valence-corrected chi connectivity index (χ4v) is 3.53. The summed E-state index contributed by atoms with van der Waals surface area (Å²) in [6.07, 6.45) is 0. The van der Waals surface area contributed by atoms with Crippen molar-refractivity contribution in [3.63, 3.8) is 0 Å². The molecule has 33 heavy (non-hydrogen) atoms. The third-order valence-corrected chi connectivity index (χ3v) is 5.41. The molecule has 0 bridgehead atoms. The summed E-state index contributed by atoms with van der Waals surface area (Å²) in [5, 5.41) is 0.344. The molecule has 0 spiro atoms. The minimum atomic E-state index is -0.308. The molecule has 1 aromatic heterocycles. The van der Waals surface area contributed by atoms with Gasteiger partial charge < -0.3 is 18.6 Å². The molecule has 7 heteroatoms. The van der Waals surface area contributed by atoms with Crippen LogP contribution < -0.4 is 19.6 Å². The first-order chi connectivity index (χ1) is 16.0. The summed E-state index contributed by atoms with van der Waals surface area (Å²) >= 11 is 3.35. The summed E-state index contributed by atoms with van der Waals surface area (Å²) in [5.41, 5.74) is 0.588. The topological polar surface area (TPSA) is 75.0 Å². The number of rotatable bonds is 8. The number of fused-ring (bicyclic) bond motifs is 1. The molecule has 4 rings (SSSR count). The Balaban J connectivity index is 1.57. The largest absolute Gasteiger partial charge is 0.490 e. The zero-order valence-corrected chi connectivity index (χ0v) is 19.7. The van der Waals surface area contributed by atoms with E-state index in [1.165, 1.54) is 0 Å². The van der Waals surface area contributed by atoms with Gasteiger partial charge in [-0.2, -0.15) is 0 Å². The van der Waals surface area contributed by atoms with E-state index in [1.54, 1.807) is 67.6 Å². The first-order valence-electron chi connectivity index (χ1n) is 10.3. The Kier molecular flexibility index (Phi) is 6.79. The molecule has 0 radical (unpaired) electrons. The van der Waals surface area contributed by atoms with E-state index in [9.17, 15) is 9.59 Å². The van der Waals surface area contributed by atoms with Crippen LogP contribution in [0.3, 0.4) is 0 Å². The second-order valence-electron chi connectivity index (χ2n) is 7.18. The fourth-order valence-electron chi connectivity index (χ4n) is 3.26. The van der Waals surface area contributed by atoms with Gasteiger partial charge in [0.05, 0.1) is 12.0 Å². The van der Waals surface area contributed by atoms with Gasteiger partial charge in [-0.1, -0.05) is 40.2 Å². The predicted octanol–water partition coefficient (Wildman–Crippen LogP) is 6.32. The van der Waals surface area contributed by atoms with E-state index in [0.717, 1.165) is 4.47 Å². The van der Waals surface area contributed by atoms with Crippen molar-refractivity contribution in [3.8, 4) is 23.0 Å². The number of aryl methyl sites for hydroxylation is 1. The maximum atomic E-state index is 13.1. The summed E-state index contributed by atoms with van der Waals surface area (Å²) in [5.74, 6) is 1.65. The van der Waals surface area contributed by atoms with Crippen molar-refractivity contribution in [1.29, 1.82) is 0 Å². The lowest BCUT2D eigenvalue weighted by Gasteiger charge is -2.13. The van der Waals surface area contributed by atoms with Gasteiger partial charge >= 0.3 is 0 Å². The highest BCUT2D eigenvalue weighted by atomic mass is 79.9. The van der Waals surface area contributed by atoms with Crippen molar-refractivity contribution in [2.45, 2.75) is 13.8 Å². The number of hydrogen-bond acceptors (Lipinski definition) is 6. The number of carbonyl (C=O) groups is 1. The Labute approximate surface area is 198 Å². The van der Waals surface area contributed by atoms with Crippen molar-refractivity contribution >= 4 is 32.7 Å². The molecular formula is C26H21BrO6. The lowest BCUT2D eigenvalue weighted by Crippen LogP contribution is -2.12. The minimum Gasteiger partial charge on any atom is -0.490 e. The van der Waals surface area contributed by atoms with E-state index in [-0.39, 0.29) is 23.6 Å². The van der Waals surface area contributed by atoms with Gasteiger partial charge in [0.1, 0.15) is 17.1 Å². The molecule has 0 saturated heterocycles. The third kappa shape index (κ3) is 5.09. The van der Waals surface area contributed by atoms with Crippen LogP contribution in [-0.4, -0.2) is 19.0 Å². The van der Waals surface area contributed by atoms with Crippen LogP contribution in [0.1, 0.15) is 23.0 Å². The van der Waals surface area contributed by atoms with Crippen molar-refractivity contribution in [3.05, 3.63) is 92.7 Å². The van der Waals surface area contributed by atoms with E-state index in [2.05, 4.69) is 15.9 Å². The molecular weight excluding hydrogens is 488 g/mol. The fraction of sp³-hybridized carbons (Fsp3) is 0.154. The number of carbonyl (C=O) groups excluding carboxylic acids is 1. The summed E-state index contributed by atoms with van der Waals surface area (Å²) in [4.78, 5) is 25.4.